The van der Waals surface area contributed by atoms with E-state index in [0.717, 1.165) is 5.69 Å². The Labute approximate surface area is 134 Å². The molecule has 1 heterocycles. The molecule has 2 aromatic rings. The van der Waals surface area contributed by atoms with Crippen molar-refractivity contribution >= 4 is 11.9 Å². The molecule has 0 unspecified atom stereocenters. The fourth-order valence-electron chi connectivity index (χ4n) is 1.92. The highest BCUT2D eigenvalue weighted by molar-refractivity contribution is 5.92. The number of hydrogen-bond acceptors (Lipinski definition) is 5. The molecule has 0 saturated heterocycles. The number of carbonyl (C=O) groups is 2. The highest BCUT2D eigenvalue weighted by Crippen LogP contribution is 2.20. The number of ether oxygens (including phenoxy) is 2. The van der Waals surface area contributed by atoms with Crippen LogP contribution in [0.25, 0.3) is 5.69 Å². The molecule has 0 aliphatic rings. The largest absolute Gasteiger partial charge is 0.493 e. The summed E-state index contributed by atoms with van der Waals surface area (Å²) in [5.74, 6) is -0.798. The van der Waals surface area contributed by atoms with Crippen molar-refractivity contribution in [1.29, 1.82) is 0 Å². The maximum Gasteiger partial charge on any atom is 0.363 e. The van der Waals surface area contributed by atoms with Gasteiger partial charge in [-0.2, -0.15) is 5.10 Å². The van der Waals surface area contributed by atoms with Gasteiger partial charge >= 0.3 is 5.97 Å². The molecule has 1 amide bonds. The molecular weight excluding hydrogens is 298 g/mol. The number of esters is 1. The van der Waals surface area contributed by atoms with E-state index in [2.05, 4.69) is 10.4 Å². The third-order valence-electron chi connectivity index (χ3n) is 2.90. The first-order chi connectivity index (χ1) is 11.0. The van der Waals surface area contributed by atoms with Gasteiger partial charge in [0.2, 0.25) is 5.69 Å². The van der Waals surface area contributed by atoms with Crippen molar-refractivity contribution in [3.05, 3.63) is 42.2 Å². The van der Waals surface area contributed by atoms with E-state index in [1.165, 1.54) is 11.8 Å². The molecule has 0 bridgehead atoms. The predicted molar refractivity (Wildman–Crippen MR) is 83.7 cm³/mol. The molecule has 0 atom stereocenters. The van der Waals surface area contributed by atoms with Crippen LogP contribution in [0.2, 0.25) is 0 Å². The van der Waals surface area contributed by atoms with Gasteiger partial charge in [0.25, 0.3) is 5.91 Å². The Kier molecular flexibility index (Phi) is 5.35. The van der Waals surface area contributed by atoms with Crippen molar-refractivity contribution in [3.8, 4) is 11.4 Å². The Morgan fingerprint density at radius 1 is 1.26 bits per heavy atom. The lowest BCUT2D eigenvalue weighted by atomic mass is 10.3. The van der Waals surface area contributed by atoms with E-state index in [1.54, 1.807) is 6.20 Å². The van der Waals surface area contributed by atoms with Gasteiger partial charge in [-0.05, 0) is 26.0 Å². The highest BCUT2D eigenvalue weighted by Gasteiger charge is 2.20. The van der Waals surface area contributed by atoms with Crippen LogP contribution in [-0.4, -0.2) is 41.4 Å². The van der Waals surface area contributed by atoms with E-state index in [4.69, 9.17) is 9.47 Å². The molecule has 1 aromatic heterocycles. The van der Waals surface area contributed by atoms with Gasteiger partial charge in [-0.1, -0.05) is 18.2 Å². The molecule has 0 saturated carbocycles. The quantitative estimate of drug-likeness (QED) is 0.818. The average Bonchev–Trinajstić information content (AvgIpc) is 2.97. The smallest absolute Gasteiger partial charge is 0.363 e. The molecule has 7 heteroatoms. The second kappa shape index (κ2) is 7.44. The Balaban J connectivity index is 2.11. The number of rotatable bonds is 6. The fourth-order valence-corrected chi connectivity index (χ4v) is 1.92. The number of methoxy groups -OCH3 is 1. The fraction of sp³-hybridized carbons (Fsp3) is 0.312. The van der Waals surface area contributed by atoms with E-state index in [9.17, 15) is 9.59 Å². The van der Waals surface area contributed by atoms with Crippen molar-refractivity contribution in [2.24, 2.45) is 0 Å². The molecule has 1 N–H and O–H groups in total. The maximum absolute atomic E-state index is 12.1. The van der Waals surface area contributed by atoms with Crippen LogP contribution in [0.5, 0.6) is 5.75 Å². The summed E-state index contributed by atoms with van der Waals surface area (Å²) in [6.07, 6.45) is 1.58. The average molecular weight is 317 g/mol. The van der Waals surface area contributed by atoms with Crippen LogP contribution in [0.15, 0.2) is 36.5 Å². The molecule has 7 nitrogen and oxygen atoms in total. The molecule has 0 radical (unpaired) electrons. The number of benzene rings is 1. The summed E-state index contributed by atoms with van der Waals surface area (Å²) < 4.78 is 11.6. The summed E-state index contributed by atoms with van der Waals surface area (Å²) in [6, 6.07) is 9.27. The first-order valence-electron chi connectivity index (χ1n) is 7.17. The highest BCUT2D eigenvalue weighted by atomic mass is 16.5. The lowest BCUT2D eigenvalue weighted by Crippen LogP contribution is -2.34. The van der Waals surface area contributed by atoms with Gasteiger partial charge in [0, 0.05) is 6.04 Å². The van der Waals surface area contributed by atoms with E-state index in [-0.39, 0.29) is 30.0 Å². The summed E-state index contributed by atoms with van der Waals surface area (Å²) in [5, 5.41) is 6.81. The van der Waals surface area contributed by atoms with Gasteiger partial charge in [-0.15, -0.1) is 0 Å². The SMILES string of the molecule is COc1cn(-c2ccccc2)nc1C(=O)OCC(=O)NC(C)C. The van der Waals surface area contributed by atoms with Crippen LogP contribution in [0.1, 0.15) is 24.3 Å². The lowest BCUT2D eigenvalue weighted by Gasteiger charge is -2.08. The standard InChI is InChI=1S/C16H19N3O4/c1-11(2)17-14(20)10-23-16(21)15-13(22-3)9-19(18-15)12-7-5-4-6-8-12/h4-9,11H,10H2,1-3H3,(H,17,20). The topological polar surface area (TPSA) is 82.5 Å². The van der Waals surface area contributed by atoms with E-state index >= 15 is 0 Å². The van der Waals surface area contributed by atoms with Crippen LogP contribution in [-0.2, 0) is 9.53 Å². The van der Waals surface area contributed by atoms with E-state index in [1.807, 2.05) is 44.2 Å². The zero-order chi connectivity index (χ0) is 16.8. The lowest BCUT2D eigenvalue weighted by molar-refractivity contribution is -0.124. The number of amides is 1. The minimum absolute atomic E-state index is 0.0203. The van der Waals surface area contributed by atoms with Crippen molar-refractivity contribution in [1.82, 2.24) is 15.1 Å². The molecule has 2 rings (SSSR count). The second-order valence-corrected chi connectivity index (χ2v) is 5.12. The van der Waals surface area contributed by atoms with Gasteiger partial charge in [-0.3, -0.25) is 4.79 Å². The van der Waals surface area contributed by atoms with Crippen molar-refractivity contribution in [2.75, 3.05) is 13.7 Å². The molecule has 0 spiro atoms. The normalized spacial score (nSPS) is 10.4. The van der Waals surface area contributed by atoms with Gasteiger partial charge < -0.3 is 14.8 Å². The number of nitrogens with zero attached hydrogens (tertiary/aromatic N) is 2. The summed E-state index contributed by atoms with van der Waals surface area (Å²) >= 11 is 0. The number of aromatic nitrogens is 2. The number of para-hydroxylation sites is 1. The Morgan fingerprint density at radius 3 is 2.57 bits per heavy atom. The molecule has 0 aliphatic heterocycles. The Hall–Kier alpha value is -2.83. The summed E-state index contributed by atoms with van der Waals surface area (Å²) in [7, 11) is 1.44. The zero-order valence-electron chi connectivity index (χ0n) is 13.3. The first-order valence-corrected chi connectivity index (χ1v) is 7.17. The molecule has 122 valence electrons. The predicted octanol–water partition coefficient (Wildman–Crippen LogP) is 1.56. The number of nitrogens with one attached hydrogen (secondary N) is 1. The van der Waals surface area contributed by atoms with Crippen molar-refractivity contribution in [3.63, 3.8) is 0 Å². The number of carbonyl (C=O) groups excluding carboxylic acids is 2. The van der Waals surface area contributed by atoms with E-state index < -0.39 is 5.97 Å². The maximum atomic E-state index is 12.1. The summed E-state index contributed by atoms with van der Waals surface area (Å²) in [5.41, 5.74) is 0.802. The zero-order valence-corrected chi connectivity index (χ0v) is 13.3. The van der Waals surface area contributed by atoms with Gasteiger partial charge in [0.1, 0.15) is 0 Å². The molecule has 0 aliphatic carbocycles. The Morgan fingerprint density at radius 2 is 1.96 bits per heavy atom. The van der Waals surface area contributed by atoms with E-state index in [0.29, 0.717) is 0 Å². The first kappa shape index (κ1) is 16.5. The Bertz CT molecular complexity index is 680. The minimum Gasteiger partial charge on any atom is -0.493 e. The van der Waals surface area contributed by atoms with Gasteiger partial charge in [0.15, 0.2) is 12.4 Å². The number of hydrogen-bond donors (Lipinski definition) is 1. The van der Waals surface area contributed by atoms with Crippen LogP contribution in [0, 0.1) is 0 Å². The third-order valence-corrected chi connectivity index (χ3v) is 2.90. The third kappa shape index (κ3) is 4.32. The second-order valence-electron chi connectivity index (χ2n) is 5.12. The molecular formula is C16H19N3O4. The molecule has 1 aromatic carbocycles. The van der Waals surface area contributed by atoms with Gasteiger partial charge in [-0.25, -0.2) is 9.48 Å². The molecule has 0 fully saturated rings. The van der Waals surface area contributed by atoms with Crippen LogP contribution >= 0.6 is 0 Å². The monoisotopic (exact) mass is 317 g/mol. The van der Waals surface area contributed by atoms with Crippen LogP contribution in [0.4, 0.5) is 0 Å². The summed E-state index contributed by atoms with van der Waals surface area (Å²) in [4.78, 5) is 23.6. The minimum atomic E-state index is -0.713. The van der Waals surface area contributed by atoms with Crippen LogP contribution in [0.3, 0.4) is 0 Å². The molecule has 23 heavy (non-hydrogen) atoms. The van der Waals surface area contributed by atoms with Crippen molar-refractivity contribution < 1.29 is 19.1 Å². The van der Waals surface area contributed by atoms with Gasteiger partial charge in [0.05, 0.1) is 19.0 Å². The summed E-state index contributed by atoms with van der Waals surface area (Å²) in [6.45, 7) is 3.28. The van der Waals surface area contributed by atoms with Crippen molar-refractivity contribution in [2.45, 2.75) is 19.9 Å². The van der Waals surface area contributed by atoms with Crippen LogP contribution < -0.4 is 10.1 Å².